The van der Waals surface area contributed by atoms with Gasteiger partial charge in [0.25, 0.3) is 0 Å². The third-order valence-electron chi connectivity index (χ3n) is 2.72. The second kappa shape index (κ2) is 4.64. The molecule has 1 saturated heterocycles. The fourth-order valence-electron chi connectivity index (χ4n) is 1.96. The van der Waals surface area contributed by atoms with Crippen molar-refractivity contribution >= 4 is 0 Å². The van der Waals surface area contributed by atoms with Gasteiger partial charge in [0.15, 0.2) is 0 Å². The highest BCUT2D eigenvalue weighted by Gasteiger charge is 2.26. The lowest BCUT2D eigenvalue weighted by Gasteiger charge is -2.40. The Bertz CT molecular complexity index is 193. The molecule has 0 aromatic rings. The third-order valence-corrected chi connectivity index (χ3v) is 2.72. The van der Waals surface area contributed by atoms with Crippen molar-refractivity contribution in [1.29, 1.82) is 0 Å². The molecule has 1 rings (SSSR count). The molecular formula is C11H20N2. The number of rotatable bonds is 2. The van der Waals surface area contributed by atoms with Crippen LogP contribution in [-0.2, 0) is 0 Å². The molecule has 0 bridgehead atoms. The smallest absolute Gasteiger partial charge is 0.0602 e. The van der Waals surface area contributed by atoms with Crippen LogP contribution in [0.15, 0.2) is 0 Å². The van der Waals surface area contributed by atoms with Crippen molar-refractivity contribution in [1.82, 2.24) is 10.2 Å². The van der Waals surface area contributed by atoms with Crippen LogP contribution in [0.4, 0.5) is 0 Å². The molecule has 74 valence electrons. The van der Waals surface area contributed by atoms with Crippen molar-refractivity contribution in [2.24, 2.45) is 5.92 Å². The van der Waals surface area contributed by atoms with Crippen molar-refractivity contribution in [2.45, 2.75) is 32.9 Å². The Morgan fingerprint density at radius 2 is 2.31 bits per heavy atom. The maximum Gasteiger partial charge on any atom is 0.0602 e. The minimum Gasteiger partial charge on any atom is -0.311 e. The maximum absolute atomic E-state index is 5.36. The Hall–Kier alpha value is -0.520. The van der Waals surface area contributed by atoms with Crippen molar-refractivity contribution in [3.63, 3.8) is 0 Å². The van der Waals surface area contributed by atoms with Crippen LogP contribution in [0.25, 0.3) is 0 Å². The van der Waals surface area contributed by atoms with Gasteiger partial charge in [0.1, 0.15) is 0 Å². The Kier molecular flexibility index (Phi) is 3.77. The van der Waals surface area contributed by atoms with E-state index in [1.54, 1.807) is 0 Å². The summed E-state index contributed by atoms with van der Waals surface area (Å²) in [5.41, 5.74) is 0. The number of terminal acetylenes is 1. The topological polar surface area (TPSA) is 15.3 Å². The van der Waals surface area contributed by atoms with Crippen LogP contribution in [0, 0.1) is 18.3 Å². The van der Waals surface area contributed by atoms with Crippen LogP contribution in [-0.4, -0.2) is 36.6 Å². The van der Waals surface area contributed by atoms with Gasteiger partial charge in [0.05, 0.1) is 6.54 Å². The van der Waals surface area contributed by atoms with Crippen molar-refractivity contribution in [2.75, 3.05) is 19.6 Å². The van der Waals surface area contributed by atoms with E-state index in [1.165, 1.54) is 0 Å². The summed E-state index contributed by atoms with van der Waals surface area (Å²) in [5, 5.41) is 3.49. The Morgan fingerprint density at radius 3 is 2.85 bits per heavy atom. The molecule has 1 heterocycles. The van der Waals surface area contributed by atoms with Gasteiger partial charge in [-0.05, 0) is 12.8 Å². The average molecular weight is 180 g/mol. The second-order valence-electron chi connectivity index (χ2n) is 4.25. The normalized spacial score (nSPS) is 30.4. The van der Waals surface area contributed by atoms with Gasteiger partial charge >= 0.3 is 0 Å². The highest BCUT2D eigenvalue weighted by atomic mass is 15.2. The van der Waals surface area contributed by atoms with Gasteiger partial charge in [-0.3, -0.25) is 4.90 Å². The quantitative estimate of drug-likeness (QED) is 0.636. The summed E-state index contributed by atoms with van der Waals surface area (Å²) < 4.78 is 0. The summed E-state index contributed by atoms with van der Waals surface area (Å²) in [4.78, 5) is 2.41. The molecule has 0 aromatic heterocycles. The molecule has 2 heteroatoms. The fraction of sp³-hybridized carbons (Fsp3) is 0.818. The largest absolute Gasteiger partial charge is 0.311 e. The first-order chi connectivity index (χ1) is 6.15. The average Bonchev–Trinajstić information content (AvgIpc) is 2.04. The standard InChI is InChI=1S/C11H20N2/c1-5-6-13-8-10(4)12-7-11(13)9(2)3/h1,9-12H,6-8H2,2-4H3. The number of nitrogens with one attached hydrogen (secondary N) is 1. The lowest BCUT2D eigenvalue weighted by atomic mass is 9.99. The molecule has 0 saturated carbocycles. The third kappa shape index (κ3) is 2.72. The van der Waals surface area contributed by atoms with E-state index in [0.29, 0.717) is 18.0 Å². The molecule has 1 N–H and O–H groups in total. The SMILES string of the molecule is C#CCN1CC(C)NCC1C(C)C. The Balaban J connectivity index is 2.56. The number of hydrogen-bond donors (Lipinski definition) is 1. The Morgan fingerprint density at radius 1 is 1.62 bits per heavy atom. The lowest BCUT2D eigenvalue weighted by Crippen LogP contribution is -2.57. The summed E-state index contributed by atoms with van der Waals surface area (Å²) >= 11 is 0. The molecular weight excluding hydrogens is 160 g/mol. The predicted octanol–water partition coefficient (Wildman–Crippen LogP) is 0.938. The van der Waals surface area contributed by atoms with Crippen molar-refractivity contribution in [3.05, 3.63) is 0 Å². The van der Waals surface area contributed by atoms with E-state index in [-0.39, 0.29) is 0 Å². The summed E-state index contributed by atoms with van der Waals surface area (Å²) in [5.74, 6) is 3.42. The van der Waals surface area contributed by atoms with E-state index in [0.717, 1.165) is 19.6 Å². The van der Waals surface area contributed by atoms with Gasteiger partial charge in [0.2, 0.25) is 0 Å². The lowest BCUT2D eigenvalue weighted by molar-refractivity contribution is 0.118. The highest BCUT2D eigenvalue weighted by Crippen LogP contribution is 2.14. The minimum atomic E-state index is 0.573. The first kappa shape index (κ1) is 10.6. The van der Waals surface area contributed by atoms with E-state index >= 15 is 0 Å². The van der Waals surface area contributed by atoms with Crippen molar-refractivity contribution < 1.29 is 0 Å². The van der Waals surface area contributed by atoms with Gasteiger partial charge in [-0.25, -0.2) is 0 Å². The zero-order valence-electron chi connectivity index (χ0n) is 8.88. The number of piperazine rings is 1. The van der Waals surface area contributed by atoms with Crippen LogP contribution in [0.1, 0.15) is 20.8 Å². The first-order valence-electron chi connectivity index (χ1n) is 5.06. The molecule has 1 fully saturated rings. The molecule has 0 radical (unpaired) electrons. The van der Waals surface area contributed by atoms with Gasteiger partial charge in [-0.15, -0.1) is 6.42 Å². The monoisotopic (exact) mass is 180 g/mol. The zero-order valence-corrected chi connectivity index (χ0v) is 8.88. The highest BCUT2D eigenvalue weighted by molar-refractivity contribution is 4.94. The molecule has 2 atom stereocenters. The Labute approximate surface area is 81.7 Å². The van der Waals surface area contributed by atoms with Gasteiger partial charge < -0.3 is 5.32 Å². The zero-order chi connectivity index (χ0) is 9.84. The molecule has 2 unspecified atom stereocenters. The second-order valence-corrected chi connectivity index (χ2v) is 4.25. The van der Waals surface area contributed by atoms with Crippen molar-refractivity contribution in [3.8, 4) is 12.3 Å². The molecule has 13 heavy (non-hydrogen) atoms. The van der Waals surface area contributed by atoms with Crippen LogP contribution in [0.2, 0.25) is 0 Å². The van der Waals surface area contributed by atoms with E-state index in [9.17, 15) is 0 Å². The minimum absolute atomic E-state index is 0.573. The number of nitrogens with zero attached hydrogens (tertiary/aromatic N) is 1. The van der Waals surface area contributed by atoms with Gasteiger partial charge in [-0.2, -0.15) is 0 Å². The summed E-state index contributed by atoms with van der Waals surface area (Å²) in [6, 6.07) is 1.18. The van der Waals surface area contributed by atoms with E-state index in [2.05, 4.69) is 36.9 Å². The van der Waals surface area contributed by atoms with Gasteiger partial charge in [-0.1, -0.05) is 19.8 Å². The van der Waals surface area contributed by atoms with Crippen LogP contribution < -0.4 is 5.32 Å². The van der Waals surface area contributed by atoms with E-state index < -0.39 is 0 Å². The van der Waals surface area contributed by atoms with E-state index in [4.69, 9.17) is 6.42 Å². The molecule has 0 amide bonds. The number of hydrogen-bond acceptors (Lipinski definition) is 2. The summed E-state index contributed by atoms with van der Waals surface area (Å²) in [7, 11) is 0. The molecule has 2 nitrogen and oxygen atoms in total. The fourth-order valence-corrected chi connectivity index (χ4v) is 1.96. The molecule has 0 aromatic carbocycles. The van der Waals surface area contributed by atoms with Crippen LogP contribution in [0.3, 0.4) is 0 Å². The summed E-state index contributed by atoms with van der Waals surface area (Å²) in [6.45, 7) is 9.65. The first-order valence-corrected chi connectivity index (χ1v) is 5.06. The molecule has 1 aliphatic heterocycles. The summed E-state index contributed by atoms with van der Waals surface area (Å²) in [6.07, 6.45) is 5.36. The predicted molar refractivity (Wildman–Crippen MR) is 56.5 cm³/mol. The molecule has 0 spiro atoms. The molecule has 1 aliphatic rings. The molecule has 0 aliphatic carbocycles. The van der Waals surface area contributed by atoms with Gasteiger partial charge in [0, 0.05) is 25.2 Å². The van der Waals surface area contributed by atoms with E-state index in [1.807, 2.05) is 0 Å². The van der Waals surface area contributed by atoms with Crippen LogP contribution in [0.5, 0.6) is 0 Å². The van der Waals surface area contributed by atoms with Crippen LogP contribution >= 0.6 is 0 Å². The maximum atomic E-state index is 5.36.